The first-order valence-electron chi connectivity index (χ1n) is 5.58. The molecule has 1 N–H and O–H groups in total. The zero-order valence-electron chi connectivity index (χ0n) is 9.34. The Labute approximate surface area is 104 Å². The maximum absolute atomic E-state index is 9.36. The topological polar surface area (TPSA) is 25.2 Å². The van der Waals surface area contributed by atoms with Gasteiger partial charge in [0.15, 0.2) is 0 Å². The molecule has 3 heteroatoms. The Hall–Kier alpha value is -1.58. The van der Waals surface area contributed by atoms with Gasteiger partial charge < -0.3 is 9.67 Å². The van der Waals surface area contributed by atoms with Crippen molar-refractivity contribution in [1.82, 2.24) is 4.57 Å². The number of hydrogen-bond donors (Lipinski definition) is 1. The second-order valence-electron chi connectivity index (χ2n) is 4.04. The van der Waals surface area contributed by atoms with Gasteiger partial charge in [-0.1, -0.05) is 24.3 Å². The Bertz CT molecular complexity index is 625. The van der Waals surface area contributed by atoms with E-state index in [1.54, 1.807) is 11.3 Å². The summed E-state index contributed by atoms with van der Waals surface area (Å²) in [5.41, 5.74) is 2.18. The third-order valence-electron chi connectivity index (χ3n) is 2.95. The summed E-state index contributed by atoms with van der Waals surface area (Å²) in [5.74, 6) is 0. The molecule has 86 valence electrons. The third-order valence-corrected chi connectivity index (χ3v) is 3.81. The van der Waals surface area contributed by atoms with Crippen molar-refractivity contribution in [2.75, 3.05) is 0 Å². The number of benzene rings is 1. The number of thiophene rings is 1. The van der Waals surface area contributed by atoms with E-state index in [1.165, 1.54) is 10.4 Å². The lowest BCUT2D eigenvalue weighted by molar-refractivity contribution is 0.283. The van der Waals surface area contributed by atoms with Gasteiger partial charge in [0.25, 0.3) is 0 Å². The minimum Gasteiger partial charge on any atom is -0.392 e. The first kappa shape index (κ1) is 10.6. The first-order valence-corrected chi connectivity index (χ1v) is 6.46. The molecule has 0 aliphatic carbocycles. The summed E-state index contributed by atoms with van der Waals surface area (Å²) in [6.45, 7) is 0.968. The number of nitrogens with zero attached hydrogens (tertiary/aromatic N) is 1. The van der Waals surface area contributed by atoms with E-state index in [-0.39, 0.29) is 6.61 Å². The van der Waals surface area contributed by atoms with Crippen LogP contribution in [0.25, 0.3) is 10.9 Å². The summed E-state index contributed by atoms with van der Waals surface area (Å²) < 4.78 is 2.20. The van der Waals surface area contributed by atoms with Crippen LogP contribution in [0.2, 0.25) is 0 Å². The van der Waals surface area contributed by atoms with Crippen LogP contribution in [-0.4, -0.2) is 9.67 Å². The van der Waals surface area contributed by atoms with Gasteiger partial charge in [-0.3, -0.25) is 0 Å². The van der Waals surface area contributed by atoms with Crippen molar-refractivity contribution in [1.29, 1.82) is 0 Å². The predicted molar refractivity (Wildman–Crippen MR) is 71.3 cm³/mol. The van der Waals surface area contributed by atoms with E-state index in [2.05, 4.69) is 34.2 Å². The Kier molecular flexibility index (Phi) is 2.71. The quantitative estimate of drug-likeness (QED) is 0.750. The van der Waals surface area contributed by atoms with Gasteiger partial charge in [-0.05, 0) is 17.5 Å². The second kappa shape index (κ2) is 4.35. The summed E-state index contributed by atoms with van der Waals surface area (Å²) in [7, 11) is 0. The van der Waals surface area contributed by atoms with Gasteiger partial charge >= 0.3 is 0 Å². The van der Waals surface area contributed by atoms with Gasteiger partial charge in [0.05, 0.1) is 13.2 Å². The number of aromatic nitrogens is 1. The van der Waals surface area contributed by atoms with Gasteiger partial charge in [-0.2, -0.15) is 0 Å². The first-order chi connectivity index (χ1) is 8.38. The number of hydrogen-bond acceptors (Lipinski definition) is 2. The van der Waals surface area contributed by atoms with Crippen LogP contribution in [-0.2, 0) is 13.2 Å². The Morgan fingerprint density at radius 1 is 1.12 bits per heavy atom. The van der Waals surface area contributed by atoms with Gasteiger partial charge in [0.1, 0.15) is 0 Å². The fourth-order valence-electron chi connectivity index (χ4n) is 2.15. The SMILES string of the molecule is OCc1cn(Cc2cccs2)c2ccccc12. The molecule has 0 saturated carbocycles. The van der Waals surface area contributed by atoms with Crippen molar-refractivity contribution < 1.29 is 5.11 Å². The van der Waals surface area contributed by atoms with Gasteiger partial charge in [-0.15, -0.1) is 11.3 Å². The number of rotatable bonds is 3. The molecule has 0 radical (unpaired) electrons. The summed E-state index contributed by atoms with van der Waals surface area (Å²) in [6.07, 6.45) is 2.05. The van der Waals surface area contributed by atoms with Crippen LogP contribution in [0.3, 0.4) is 0 Å². The van der Waals surface area contributed by atoms with Crippen molar-refractivity contribution in [3.8, 4) is 0 Å². The largest absolute Gasteiger partial charge is 0.392 e. The van der Waals surface area contributed by atoms with Crippen LogP contribution in [0, 0.1) is 0 Å². The molecule has 0 unspecified atom stereocenters. The summed E-state index contributed by atoms with van der Waals surface area (Å²) in [6, 6.07) is 12.4. The van der Waals surface area contributed by atoms with Crippen molar-refractivity contribution in [3.05, 3.63) is 58.4 Å². The Morgan fingerprint density at radius 3 is 2.76 bits per heavy atom. The van der Waals surface area contributed by atoms with Crippen molar-refractivity contribution in [3.63, 3.8) is 0 Å². The minimum atomic E-state index is 0.0952. The standard InChI is InChI=1S/C14H13NOS/c16-10-11-8-15(9-12-4-3-7-17-12)14-6-2-1-5-13(11)14/h1-8,16H,9-10H2. The molecule has 0 amide bonds. The van der Waals surface area contributed by atoms with Gasteiger partial charge in [0.2, 0.25) is 0 Å². The third kappa shape index (κ3) is 1.88. The molecule has 0 fully saturated rings. The van der Waals surface area contributed by atoms with Crippen molar-refractivity contribution in [2.24, 2.45) is 0 Å². The van der Waals surface area contributed by atoms with Crippen LogP contribution in [0.4, 0.5) is 0 Å². The average molecular weight is 243 g/mol. The highest BCUT2D eigenvalue weighted by atomic mass is 32.1. The normalized spacial score (nSPS) is 11.1. The molecular weight excluding hydrogens is 230 g/mol. The molecule has 3 aromatic rings. The molecule has 1 aromatic carbocycles. The zero-order chi connectivity index (χ0) is 11.7. The highest BCUT2D eigenvalue weighted by Crippen LogP contribution is 2.23. The second-order valence-corrected chi connectivity index (χ2v) is 5.07. The molecule has 0 spiro atoms. The lowest BCUT2D eigenvalue weighted by atomic mass is 10.2. The smallest absolute Gasteiger partial charge is 0.0702 e. The van der Waals surface area contributed by atoms with Crippen LogP contribution < -0.4 is 0 Å². The molecule has 2 heterocycles. The maximum Gasteiger partial charge on any atom is 0.0702 e. The average Bonchev–Trinajstić information content (AvgIpc) is 2.98. The Morgan fingerprint density at radius 2 is 2.00 bits per heavy atom. The molecule has 0 aliphatic heterocycles. The minimum absolute atomic E-state index is 0.0952. The number of fused-ring (bicyclic) bond motifs is 1. The van der Waals surface area contributed by atoms with Crippen molar-refractivity contribution >= 4 is 22.2 Å². The monoisotopic (exact) mass is 243 g/mol. The number of aliphatic hydroxyl groups is 1. The predicted octanol–water partition coefficient (Wildman–Crippen LogP) is 3.24. The summed E-state index contributed by atoms with van der Waals surface area (Å²) in [5, 5.41) is 12.6. The molecule has 2 nitrogen and oxygen atoms in total. The Balaban J connectivity index is 2.10. The summed E-state index contributed by atoms with van der Waals surface area (Å²) in [4.78, 5) is 1.33. The van der Waals surface area contributed by atoms with Crippen LogP contribution in [0.5, 0.6) is 0 Å². The molecule has 0 saturated heterocycles. The molecule has 2 aromatic heterocycles. The zero-order valence-corrected chi connectivity index (χ0v) is 10.2. The molecule has 0 atom stereocenters. The van der Waals surface area contributed by atoms with Gasteiger partial charge in [0, 0.05) is 27.5 Å². The lowest BCUT2D eigenvalue weighted by Gasteiger charge is -2.02. The molecule has 17 heavy (non-hydrogen) atoms. The fourth-order valence-corrected chi connectivity index (χ4v) is 2.85. The van der Waals surface area contributed by atoms with E-state index in [4.69, 9.17) is 0 Å². The number of aliphatic hydroxyl groups excluding tert-OH is 1. The highest BCUT2D eigenvalue weighted by molar-refractivity contribution is 7.09. The lowest BCUT2D eigenvalue weighted by Crippen LogP contribution is -1.95. The van der Waals surface area contributed by atoms with Crippen LogP contribution >= 0.6 is 11.3 Å². The van der Waals surface area contributed by atoms with E-state index in [0.717, 1.165) is 17.5 Å². The van der Waals surface area contributed by atoms with Crippen molar-refractivity contribution in [2.45, 2.75) is 13.2 Å². The van der Waals surface area contributed by atoms with Crippen LogP contribution in [0.15, 0.2) is 48.0 Å². The molecular formula is C14H13NOS. The maximum atomic E-state index is 9.36. The van der Waals surface area contributed by atoms with Crippen LogP contribution in [0.1, 0.15) is 10.4 Å². The van der Waals surface area contributed by atoms with E-state index in [0.29, 0.717) is 0 Å². The molecule has 3 rings (SSSR count). The highest BCUT2D eigenvalue weighted by Gasteiger charge is 2.07. The van der Waals surface area contributed by atoms with E-state index in [9.17, 15) is 5.11 Å². The fraction of sp³-hybridized carbons (Fsp3) is 0.143. The van der Waals surface area contributed by atoms with Gasteiger partial charge in [-0.25, -0.2) is 0 Å². The molecule has 0 bridgehead atoms. The van der Waals surface area contributed by atoms with E-state index in [1.807, 2.05) is 18.3 Å². The van der Waals surface area contributed by atoms with E-state index >= 15 is 0 Å². The van der Waals surface area contributed by atoms with E-state index < -0.39 is 0 Å². The summed E-state index contributed by atoms with van der Waals surface area (Å²) >= 11 is 1.76. The molecule has 0 aliphatic rings. The number of para-hydroxylation sites is 1.